The molecule has 0 aliphatic carbocycles. The van der Waals surface area contributed by atoms with Crippen LogP contribution in [0.3, 0.4) is 0 Å². The van der Waals surface area contributed by atoms with Crippen molar-refractivity contribution in [1.82, 2.24) is 18.8 Å². The van der Waals surface area contributed by atoms with Crippen molar-refractivity contribution < 1.29 is 19.2 Å². The zero-order chi connectivity index (χ0) is 27.8. The Morgan fingerprint density at radius 3 is 2.55 bits per heavy atom. The number of fused-ring (bicyclic) bond motifs is 1. The number of benzene rings is 1. The SMILES string of the molecule is CC.CCCOc1ccc(S(=O)N2CCC(C(O)CO)CC2)cc1-c1nc2c(CCC)cn(C)c2c(=O)[nH]1. The number of piperidine rings is 1. The highest BCUT2D eigenvalue weighted by atomic mass is 32.2. The third kappa shape index (κ3) is 6.54. The van der Waals surface area contributed by atoms with Crippen LogP contribution in [0.15, 0.2) is 34.1 Å². The van der Waals surface area contributed by atoms with E-state index in [1.165, 1.54) is 0 Å². The number of nitrogens with zero attached hydrogens (tertiary/aromatic N) is 3. The molecule has 2 unspecified atom stereocenters. The van der Waals surface area contributed by atoms with Gasteiger partial charge in [0.1, 0.15) is 28.1 Å². The number of hydrogen-bond donors (Lipinski definition) is 3. The first-order valence-electron chi connectivity index (χ1n) is 13.7. The van der Waals surface area contributed by atoms with E-state index in [1.54, 1.807) is 18.2 Å². The lowest BCUT2D eigenvalue weighted by molar-refractivity contribution is 0.0283. The first-order valence-corrected chi connectivity index (χ1v) is 14.8. The van der Waals surface area contributed by atoms with E-state index in [9.17, 15) is 19.2 Å². The molecule has 9 nitrogen and oxygen atoms in total. The van der Waals surface area contributed by atoms with Crippen LogP contribution in [0.2, 0.25) is 0 Å². The molecule has 1 saturated heterocycles. The number of H-pyrrole nitrogens is 1. The highest BCUT2D eigenvalue weighted by molar-refractivity contribution is 7.82. The number of rotatable bonds is 10. The molecule has 0 saturated carbocycles. The van der Waals surface area contributed by atoms with Gasteiger partial charge in [0, 0.05) is 26.3 Å². The van der Waals surface area contributed by atoms with E-state index >= 15 is 0 Å². The molecule has 0 amide bonds. The van der Waals surface area contributed by atoms with Crippen molar-refractivity contribution >= 4 is 22.0 Å². The fourth-order valence-electron chi connectivity index (χ4n) is 4.82. The molecule has 0 radical (unpaired) electrons. The zero-order valence-electron chi connectivity index (χ0n) is 23.2. The van der Waals surface area contributed by atoms with Crippen LogP contribution in [-0.4, -0.2) is 65.7 Å². The molecule has 1 aliphatic rings. The van der Waals surface area contributed by atoms with Crippen molar-refractivity contribution in [1.29, 1.82) is 0 Å². The predicted molar refractivity (Wildman–Crippen MR) is 152 cm³/mol. The molecule has 2 aromatic heterocycles. The molecule has 2 atom stereocenters. The summed E-state index contributed by atoms with van der Waals surface area (Å²) in [5.74, 6) is 0.983. The predicted octanol–water partition coefficient (Wildman–Crippen LogP) is 3.78. The Labute approximate surface area is 227 Å². The van der Waals surface area contributed by atoms with Gasteiger partial charge in [0.15, 0.2) is 0 Å². The largest absolute Gasteiger partial charge is 0.493 e. The van der Waals surface area contributed by atoms with Crippen LogP contribution in [0.25, 0.3) is 22.4 Å². The monoisotopic (exact) mass is 546 g/mol. The van der Waals surface area contributed by atoms with Gasteiger partial charge >= 0.3 is 0 Å². The maximum Gasteiger partial charge on any atom is 0.275 e. The van der Waals surface area contributed by atoms with Crippen molar-refractivity contribution in [2.45, 2.75) is 70.8 Å². The van der Waals surface area contributed by atoms with E-state index in [4.69, 9.17) is 9.72 Å². The molecule has 10 heteroatoms. The lowest BCUT2D eigenvalue weighted by Crippen LogP contribution is -2.39. The fraction of sp³-hybridized carbons (Fsp3) is 0.571. The second kappa shape index (κ2) is 14.0. The van der Waals surface area contributed by atoms with Crippen LogP contribution in [0.1, 0.15) is 58.9 Å². The van der Waals surface area contributed by atoms with Crippen LogP contribution in [0.5, 0.6) is 5.75 Å². The standard InChI is InChI=1S/C26H36N4O5S.C2H6/c1-4-6-18-15-29(3)24-23(18)27-25(28-26(24)33)20-14-19(7-8-22(20)35-13-5-2)36(34)30-11-9-17(10-12-30)21(32)16-31;1-2/h7-8,14-15,17,21,31-32H,4-6,9-13,16H2,1-3H3,(H,27,28,33);1-2H3. The average molecular weight is 547 g/mol. The summed E-state index contributed by atoms with van der Waals surface area (Å²) in [5.41, 5.74) is 2.61. The average Bonchev–Trinajstić information content (AvgIpc) is 3.27. The van der Waals surface area contributed by atoms with Crippen molar-refractivity contribution in [3.05, 3.63) is 40.3 Å². The van der Waals surface area contributed by atoms with Crippen LogP contribution < -0.4 is 10.3 Å². The number of aromatic nitrogens is 3. The van der Waals surface area contributed by atoms with Gasteiger partial charge in [0.25, 0.3) is 5.56 Å². The van der Waals surface area contributed by atoms with E-state index in [1.807, 2.05) is 42.9 Å². The summed E-state index contributed by atoms with van der Waals surface area (Å²) in [5, 5.41) is 19.2. The van der Waals surface area contributed by atoms with Crippen molar-refractivity contribution in [3.8, 4) is 17.1 Å². The first kappa shape index (κ1) is 30.0. The lowest BCUT2D eigenvalue weighted by atomic mass is 9.93. The molecule has 4 rings (SSSR count). The summed E-state index contributed by atoms with van der Waals surface area (Å²) >= 11 is 0. The number of aliphatic hydroxyl groups is 2. The van der Waals surface area contributed by atoms with Gasteiger partial charge in [-0.2, -0.15) is 0 Å². The van der Waals surface area contributed by atoms with Gasteiger partial charge in [0.2, 0.25) is 0 Å². The number of ether oxygens (including phenoxy) is 1. The van der Waals surface area contributed by atoms with Gasteiger partial charge < -0.3 is 24.5 Å². The number of aryl methyl sites for hydroxylation is 2. The first-order chi connectivity index (χ1) is 18.4. The van der Waals surface area contributed by atoms with Crippen molar-refractivity contribution in [3.63, 3.8) is 0 Å². The van der Waals surface area contributed by atoms with E-state index < -0.39 is 17.1 Å². The second-order valence-corrected chi connectivity index (χ2v) is 10.9. The molecule has 3 aromatic rings. The molecule has 0 spiro atoms. The highest BCUT2D eigenvalue weighted by Gasteiger charge is 2.28. The topological polar surface area (TPSA) is 121 Å². The minimum Gasteiger partial charge on any atom is -0.493 e. The second-order valence-electron chi connectivity index (χ2n) is 9.40. The Balaban J connectivity index is 0.00000195. The minimum atomic E-state index is -1.42. The Morgan fingerprint density at radius 2 is 1.92 bits per heavy atom. The zero-order valence-corrected chi connectivity index (χ0v) is 24.0. The van der Waals surface area contributed by atoms with Gasteiger partial charge in [-0.05, 0) is 55.4 Å². The third-order valence-electron chi connectivity index (χ3n) is 6.75. The van der Waals surface area contributed by atoms with E-state index in [-0.39, 0.29) is 18.1 Å². The number of aromatic amines is 1. The smallest absolute Gasteiger partial charge is 0.275 e. The highest BCUT2D eigenvalue weighted by Crippen LogP contribution is 2.32. The Hall–Kier alpha value is -2.53. The number of nitrogens with one attached hydrogen (secondary N) is 1. The maximum absolute atomic E-state index is 13.5. The van der Waals surface area contributed by atoms with Gasteiger partial charge in [-0.3, -0.25) is 4.79 Å². The molecule has 210 valence electrons. The molecular weight excluding hydrogens is 504 g/mol. The number of aliphatic hydroxyl groups excluding tert-OH is 2. The molecular formula is C28H42N4O5S. The van der Waals surface area contributed by atoms with Gasteiger partial charge in [0.05, 0.1) is 35.3 Å². The van der Waals surface area contributed by atoms with Crippen LogP contribution in [0.4, 0.5) is 0 Å². The Bertz CT molecular complexity index is 1280. The van der Waals surface area contributed by atoms with E-state index in [0.717, 1.165) is 24.8 Å². The molecule has 1 aliphatic heterocycles. The molecule has 1 fully saturated rings. The normalized spacial score (nSPS) is 16.2. The van der Waals surface area contributed by atoms with E-state index in [0.29, 0.717) is 65.6 Å². The summed E-state index contributed by atoms with van der Waals surface area (Å²) in [4.78, 5) is 21.4. The maximum atomic E-state index is 13.5. The molecule has 38 heavy (non-hydrogen) atoms. The van der Waals surface area contributed by atoms with Crippen LogP contribution in [0, 0.1) is 5.92 Å². The quantitative estimate of drug-likeness (QED) is 0.356. The van der Waals surface area contributed by atoms with Gasteiger partial charge in [-0.25, -0.2) is 13.5 Å². The molecule has 3 N–H and O–H groups in total. The minimum absolute atomic E-state index is 0.00724. The molecule has 3 heterocycles. The summed E-state index contributed by atoms with van der Waals surface area (Å²) in [6, 6.07) is 5.38. The molecule has 0 bridgehead atoms. The number of hydrogen-bond acceptors (Lipinski definition) is 6. The molecule has 1 aromatic carbocycles. The third-order valence-corrected chi connectivity index (χ3v) is 8.25. The lowest BCUT2D eigenvalue weighted by Gasteiger charge is -2.32. The Kier molecular flexibility index (Phi) is 11.1. The Morgan fingerprint density at radius 1 is 1.21 bits per heavy atom. The van der Waals surface area contributed by atoms with Gasteiger partial charge in [-0.1, -0.05) is 34.1 Å². The summed E-state index contributed by atoms with van der Waals surface area (Å²) in [7, 11) is 0.424. The summed E-state index contributed by atoms with van der Waals surface area (Å²) in [6.07, 6.45) is 5.12. The van der Waals surface area contributed by atoms with Crippen molar-refractivity contribution in [2.24, 2.45) is 13.0 Å². The van der Waals surface area contributed by atoms with E-state index in [2.05, 4.69) is 11.9 Å². The van der Waals surface area contributed by atoms with Crippen LogP contribution >= 0.6 is 0 Å². The van der Waals surface area contributed by atoms with Gasteiger partial charge in [-0.15, -0.1) is 0 Å². The van der Waals surface area contributed by atoms with Crippen molar-refractivity contribution in [2.75, 3.05) is 26.3 Å². The fourth-order valence-corrected chi connectivity index (χ4v) is 6.07. The van der Waals surface area contributed by atoms with Crippen LogP contribution in [-0.2, 0) is 24.5 Å². The summed E-state index contributed by atoms with van der Waals surface area (Å²) < 4.78 is 23.1. The summed E-state index contributed by atoms with van der Waals surface area (Å²) in [6.45, 7) is 9.48.